The molecule has 1 aliphatic carbocycles. The maximum Gasteiger partial charge on any atom is 0.239 e. The summed E-state index contributed by atoms with van der Waals surface area (Å²) in [6.07, 6.45) is 7.26. The van der Waals surface area contributed by atoms with E-state index in [1.807, 2.05) is 4.90 Å². The Kier molecular flexibility index (Phi) is 6.11. The summed E-state index contributed by atoms with van der Waals surface area (Å²) in [5, 5.41) is 3.03. The maximum atomic E-state index is 12.8. The number of amides is 2. The molecule has 0 aromatic rings. The summed E-state index contributed by atoms with van der Waals surface area (Å²) < 4.78 is 0. The molecular weight excluding hydrogens is 304 g/mol. The number of nitrogens with zero attached hydrogens (tertiary/aromatic N) is 3. The van der Waals surface area contributed by atoms with Crippen LogP contribution in [0.15, 0.2) is 0 Å². The van der Waals surface area contributed by atoms with E-state index in [-0.39, 0.29) is 17.9 Å². The molecule has 0 spiro atoms. The second kappa shape index (κ2) is 8.30. The van der Waals surface area contributed by atoms with Gasteiger partial charge in [-0.25, -0.2) is 0 Å². The number of carbonyl (C=O) groups is 2. The zero-order valence-electron chi connectivity index (χ0n) is 15.0. The first-order chi connectivity index (χ1) is 11.6. The molecule has 24 heavy (non-hydrogen) atoms. The van der Waals surface area contributed by atoms with Gasteiger partial charge in [-0.15, -0.1) is 0 Å². The van der Waals surface area contributed by atoms with E-state index in [9.17, 15) is 9.59 Å². The van der Waals surface area contributed by atoms with Crippen LogP contribution in [0.1, 0.15) is 45.4 Å². The third-order valence-corrected chi connectivity index (χ3v) is 5.54. The molecule has 2 heterocycles. The van der Waals surface area contributed by atoms with E-state index in [0.29, 0.717) is 12.6 Å². The van der Waals surface area contributed by atoms with E-state index in [2.05, 4.69) is 22.0 Å². The third-order valence-electron chi connectivity index (χ3n) is 5.54. The molecular formula is C18H32N4O2. The molecule has 2 aliphatic heterocycles. The fraction of sp³-hybridized carbons (Fsp3) is 0.889. The first-order valence-electron chi connectivity index (χ1n) is 9.68. The Morgan fingerprint density at radius 3 is 2.17 bits per heavy atom. The highest BCUT2D eigenvalue weighted by molar-refractivity contribution is 5.82. The summed E-state index contributed by atoms with van der Waals surface area (Å²) in [6, 6.07) is 0.419. The van der Waals surface area contributed by atoms with Crippen molar-refractivity contribution < 1.29 is 9.59 Å². The lowest BCUT2D eigenvalue weighted by molar-refractivity contribution is -0.138. The van der Waals surface area contributed by atoms with Crippen LogP contribution in [0, 0.1) is 0 Å². The predicted molar refractivity (Wildman–Crippen MR) is 93.7 cm³/mol. The molecule has 1 N–H and O–H groups in total. The number of hydrogen-bond acceptors (Lipinski definition) is 4. The summed E-state index contributed by atoms with van der Waals surface area (Å²) in [4.78, 5) is 31.2. The van der Waals surface area contributed by atoms with Gasteiger partial charge in [0.05, 0.1) is 12.6 Å². The number of hydrogen-bond donors (Lipinski definition) is 1. The zero-order valence-corrected chi connectivity index (χ0v) is 15.0. The highest BCUT2D eigenvalue weighted by Crippen LogP contribution is 2.18. The van der Waals surface area contributed by atoms with Crippen LogP contribution >= 0.6 is 0 Å². The lowest BCUT2D eigenvalue weighted by atomic mass is 10.2. The van der Waals surface area contributed by atoms with Gasteiger partial charge in [0.25, 0.3) is 0 Å². The van der Waals surface area contributed by atoms with Crippen molar-refractivity contribution >= 4 is 11.8 Å². The average molecular weight is 336 g/mol. The molecule has 6 heteroatoms. The van der Waals surface area contributed by atoms with Gasteiger partial charge in [-0.05, 0) is 45.7 Å². The van der Waals surface area contributed by atoms with E-state index in [1.54, 1.807) is 0 Å². The molecule has 0 radical (unpaired) electrons. The second-order valence-electron chi connectivity index (χ2n) is 7.57. The van der Waals surface area contributed by atoms with Gasteiger partial charge >= 0.3 is 0 Å². The van der Waals surface area contributed by atoms with Gasteiger partial charge in [0, 0.05) is 32.2 Å². The summed E-state index contributed by atoms with van der Waals surface area (Å²) in [6.45, 7) is 7.72. The van der Waals surface area contributed by atoms with E-state index < -0.39 is 0 Å². The summed E-state index contributed by atoms with van der Waals surface area (Å²) in [5.41, 5.74) is 0. The van der Waals surface area contributed by atoms with Crippen molar-refractivity contribution in [3.05, 3.63) is 0 Å². The highest BCUT2D eigenvalue weighted by Gasteiger charge is 2.30. The van der Waals surface area contributed by atoms with Gasteiger partial charge in [0.2, 0.25) is 11.8 Å². The van der Waals surface area contributed by atoms with E-state index in [0.717, 1.165) is 52.1 Å². The maximum absolute atomic E-state index is 12.8. The Bertz CT molecular complexity index is 436. The molecule has 0 aromatic heterocycles. The Balaban J connectivity index is 1.41. The molecule has 3 fully saturated rings. The number of likely N-dealkylation sites (tertiary alicyclic amines) is 1. The molecule has 0 aromatic carbocycles. The van der Waals surface area contributed by atoms with E-state index >= 15 is 0 Å². The van der Waals surface area contributed by atoms with Gasteiger partial charge in [-0.1, -0.05) is 12.8 Å². The topological polar surface area (TPSA) is 55.9 Å². The Morgan fingerprint density at radius 2 is 1.58 bits per heavy atom. The molecule has 6 nitrogen and oxygen atoms in total. The lowest BCUT2D eigenvalue weighted by Crippen LogP contribution is -2.55. The number of rotatable bonds is 5. The molecule has 136 valence electrons. The first-order valence-corrected chi connectivity index (χ1v) is 9.68. The minimum absolute atomic E-state index is 0.00665. The first kappa shape index (κ1) is 17.7. The number of carbonyl (C=O) groups excluding carboxylic acids is 2. The molecule has 1 saturated carbocycles. The quantitative estimate of drug-likeness (QED) is 0.802. The smallest absolute Gasteiger partial charge is 0.239 e. The van der Waals surface area contributed by atoms with E-state index in [4.69, 9.17) is 0 Å². The van der Waals surface area contributed by atoms with Gasteiger partial charge in [-0.2, -0.15) is 0 Å². The van der Waals surface area contributed by atoms with E-state index in [1.165, 1.54) is 25.7 Å². The summed E-state index contributed by atoms with van der Waals surface area (Å²) in [7, 11) is 0. The van der Waals surface area contributed by atoms with Crippen LogP contribution in [0.2, 0.25) is 0 Å². The molecule has 2 saturated heterocycles. The fourth-order valence-electron chi connectivity index (χ4n) is 3.73. The minimum atomic E-state index is -0.00665. The van der Waals surface area contributed by atoms with Crippen molar-refractivity contribution in [1.82, 2.24) is 20.0 Å². The predicted octanol–water partition coefficient (Wildman–Crippen LogP) is 0.674. The van der Waals surface area contributed by atoms with Crippen LogP contribution in [-0.2, 0) is 9.59 Å². The van der Waals surface area contributed by atoms with Crippen molar-refractivity contribution in [3.63, 3.8) is 0 Å². The van der Waals surface area contributed by atoms with Crippen LogP contribution in [-0.4, -0.2) is 84.4 Å². The van der Waals surface area contributed by atoms with Gasteiger partial charge < -0.3 is 10.2 Å². The Labute approximate surface area is 145 Å². The summed E-state index contributed by atoms with van der Waals surface area (Å²) in [5.74, 6) is 0.397. The molecule has 3 rings (SSSR count). The van der Waals surface area contributed by atoms with Crippen LogP contribution < -0.4 is 5.32 Å². The molecule has 0 bridgehead atoms. The summed E-state index contributed by atoms with van der Waals surface area (Å²) >= 11 is 0. The number of piperazine rings is 1. The average Bonchev–Trinajstić information content (AvgIpc) is 3.41. The van der Waals surface area contributed by atoms with Crippen LogP contribution in [0.25, 0.3) is 0 Å². The van der Waals surface area contributed by atoms with Gasteiger partial charge in [0.1, 0.15) is 0 Å². The Hall–Kier alpha value is -1.14. The largest absolute Gasteiger partial charge is 0.352 e. The van der Waals surface area contributed by atoms with Crippen LogP contribution in [0.4, 0.5) is 0 Å². The van der Waals surface area contributed by atoms with Crippen molar-refractivity contribution in [1.29, 1.82) is 0 Å². The minimum Gasteiger partial charge on any atom is -0.352 e. The zero-order chi connectivity index (χ0) is 16.9. The van der Waals surface area contributed by atoms with Gasteiger partial charge in [-0.3, -0.25) is 19.4 Å². The Morgan fingerprint density at radius 1 is 0.958 bits per heavy atom. The van der Waals surface area contributed by atoms with Crippen molar-refractivity contribution in [2.75, 3.05) is 45.8 Å². The molecule has 2 amide bonds. The second-order valence-corrected chi connectivity index (χ2v) is 7.57. The van der Waals surface area contributed by atoms with Crippen LogP contribution in [0.5, 0.6) is 0 Å². The van der Waals surface area contributed by atoms with Crippen molar-refractivity contribution in [2.45, 2.75) is 57.5 Å². The standard InChI is InChI=1S/C18H32N4O2/c1-15(21-8-4-2-3-5-9-21)18(24)22-12-10-20(11-13-22)14-17(23)19-16-6-7-16/h15-16H,2-14H2,1H3,(H,19,23). The van der Waals surface area contributed by atoms with Crippen molar-refractivity contribution in [2.24, 2.45) is 0 Å². The molecule has 1 unspecified atom stereocenters. The SMILES string of the molecule is CC(C(=O)N1CCN(CC(=O)NC2CC2)CC1)N1CCCCCC1. The van der Waals surface area contributed by atoms with Gasteiger partial charge in [0.15, 0.2) is 0 Å². The monoisotopic (exact) mass is 336 g/mol. The molecule has 3 aliphatic rings. The third kappa shape index (κ3) is 4.93. The van der Waals surface area contributed by atoms with Crippen LogP contribution in [0.3, 0.4) is 0 Å². The fourth-order valence-corrected chi connectivity index (χ4v) is 3.73. The normalized spacial score (nSPS) is 25.1. The highest BCUT2D eigenvalue weighted by atomic mass is 16.2. The molecule has 1 atom stereocenters. The lowest BCUT2D eigenvalue weighted by Gasteiger charge is -2.37. The van der Waals surface area contributed by atoms with Crippen molar-refractivity contribution in [3.8, 4) is 0 Å². The number of nitrogens with one attached hydrogen (secondary N) is 1.